The topological polar surface area (TPSA) is 40.6 Å². The molecule has 0 spiro atoms. The second-order valence-corrected chi connectivity index (χ2v) is 6.86. The molecule has 1 heterocycles. The molecule has 0 N–H and O–H groups in total. The highest BCUT2D eigenvalue weighted by molar-refractivity contribution is 7.86. The highest BCUT2D eigenvalue weighted by Gasteiger charge is 2.31. The van der Waals surface area contributed by atoms with Gasteiger partial charge >= 0.3 is 0 Å². The molecular weight excluding hydrogens is 260 g/mol. The van der Waals surface area contributed by atoms with Gasteiger partial charge in [0, 0.05) is 26.2 Å². The van der Waals surface area contributed by atoms with Crippen LogP contribution in [0.4, 0.5) is 0 Å². The summed E-state index contributed by atoms with van der Waals surface area (Å²) in [4.78, 5) is 0. The van der Waals surface area contributed by atoms with Gasteiger partial charge in [-0.1, -0.05) is 37.3 Å². The van der Waals surface area contributed by atoms with Crippen LogP contribution < -0.4 is 0 Å². The molecule has 106 valence electrons. The van der Waals surface area contributed by atoms with Gasteiger partial charge in [-0.3, -0.25) is 0 Å². The molecule has 1 aromatic carbocycles. The maximum atomic E-state index is 12.6. The van der Waals surface area contributed by atoms with Crippen LogP contribution in [0.1, 0.15) is 31.7 Å². The SMILES string of the molecule is CCCN(Cc1ccccc1)S(=O)(=O)N1CCCC1. The fraction of sp³-hybridized carbons (Fsp3) is 0.571. The lowest BCUT2D eigenvalue weighted by Gasteiger charge is -2.27. The van der Waals surface area contributed by atoms with E-state index in [0.717, 1.165) is 24.8 Å². The van der Waals surface area contributed by atoms with Crippen molar-refractivity contribution in [1.29, 1.82) is 0 Å². The summed E-state index contributed by atoms with van der Waals surface area (Å²) in [6.07, 6.45) is 2.79. The van der Waals surface area contributed by atoms with Gasteiger partial charge in [0.15, 0.2) is 0 Å². The van der Waals surface area contributed by atoms with Crippen molar-refractivity contribution in [2.75, 3.05) is 19.6 Å². The molecular formula is C14H22N2O2S. The van der Waals surface area contributed by atoms with Gasteiger partial charge in [0.05, 0.1) is 0 Å². The molecule has 0 amide bonds. The normalized spacial score (nSPS) is 17.2. The predicted molar refractivity (Wildman–Crippen MR) is 76.9 cm³/mol. The lowest BCUT2D eigenvalue weighted by molar-refractivity contribution is 0.355. The maximum absolute atomic E-state index is 12.6. The predicted octanol–water partition coefficient (Wildman–Crippen LogP) is 2.24. The third-order valence-electron chi connectivity index (χ3n) is 3.39. The molecule has 0 bridgehead atoms. The standard InChI is InChI=1S/C14H22N2O2S/c1-2-10-16(13-14-8-4-3-5-9-14)19(17,18)15-11-6-7-12-15/h3-5,8-9H,2,6-7,10-13H2,1H3. The van der Waals surface area contributed by atoms with Crippen molar-refractivity contribution in [3.05, 3.63) is 35.9 Å². The Morgan fingerprint density at radius 2 is 1.79 bits per heavy atom. The number of benzene rings is 1. The van der Waals surface area contributed by atoms with Crippen LogP contribution in [0.2, 0.25) is 0 Å². The van der Waals surface area contributed by atoms with Gasteiger partial charge < -0.3 is 0 Å². The number of hydrogen-bond donors (Lipinski definition) is 0. The van der Waals surface area contributed by atoms with E-state index in [1.807, 2.05) is 37.3 Å². The molecule has 4 nitrogen and oxygen atoms in total. The summed E-state index contributed by atoms with van der Waals surface area (Å²) < 4.78 is 28.4. The Morgan fingerprint density at radius 1 is 1.16 bits per heavy atom. The fourth-order valence-corrected chi connectivity index (χ4v) is 4.17. The van der Waals surface area contributed by atoms with Gasteiger partial charge in [-0.15, -0.1) is 0 Å². The van der Waals surface area contributed by atoms with Crippen molar-refractivity contribution in [3.8, 4) is 0 Å². The van der Waals surface area contributed by atoms with Crippen molar-refractivity contribution in [2.45, 2.75) is 32.7 Å². The minimum atomic E-state index is -3.29. The molecule has 1 aliphatic heterocycles. The average Bonchev–Trinajstić information content (AvgIpc) is 2.94. The summed E-state index contributed by atoms with van der Waals surface area (Å²) in [5.74, 6) is 0. The van der Waals surface area contributed by atoms with Crippen molar-refractivity contribution in [1.82, 2.24) is 8.61 Å². The first-order valence-corrected chi connectivity index (χ1v) is 8.33. The first-order chi connectivity index (χ1) is 9.14. The largest absolute Gasteiger partial charge is 0.282 e. The number of hydrogen-bond acceptors (Lipinski definition) is 2. The van der Waals surface area contributed by atoms with E-state index in [9.17, 15) is 8.42 Å². The van der Waals surface area contributed by atoms with Crippen LogP contribution in [0.5, 0.6) is 0 Å². The van der Waals surface area contributed by atoms with Crippen LogP contribution in [0, 0.1) is 0 Å². The molecule has 0 atom stereocenters. The van der Waals surface area contributed by atoms with Crippen LogP contribution in [-0.4, -0.2) is 36.7 Å². The van der Waals surface area contributed by atoms with Crippen molar-refractivity contribution in [2.24, 2.45) is 0 Å². The molecule has 2 rings (SSSR count). The first-order valence-electron chi connectivity index (χ1n) is 6.93. The molecule has 1 fully saturated rings. The number of nitrogens with zero attached hydrogens (tertiary/aromatic N) is 2. The summed E-state index contributed by atoms with van der Waals surface area (Å²) >= 11 is 0. The molecule has 1 aromatic rings. The van der Waals surface area contributed by atoms with Gasteiger partial charge in [0.25, 0.3) is 10.2 Å². The zero-order chi connectivity index (χ0) is 13.7. The molecule has 19 heavy (non-hydrogen) atoms. The third kappa shape index (κ3) is 3.55. The van der Waals surface area contributed by atoms with Crippen LogP contribution in [0.25, 0.3) is 0 Å². The summed E-state index contributed by atoms with van der Waals surface area (Å²) in [6.45, 7) is 4.38. The van der Waals surface area contributed by atoms with E-state index in [-0.39, 0.29) is 0 Å². The van der Waals surface area contributed by atoms with Gasteiger partial charge in [0.1, 0.15) is 0 Å². The number of rotatable bonds is 6. The zero-order valence-corrected chi connectivity index (χ0v) is 12.3. The van der Waals surface area contributed by atoms with E-state index in [2.05, 4.69) is 0 Å². The van der Waals surface area contributed by atoms with Gasteiger partial charge in [-0.05, 0) is 24.8 Å². The lowest BCUT2D eigenvalue weighted by atomic mass is 10.2. The molecule has 0 radical (unpaired) electrons. The Labute approximate surface area is 116 Å². The van der Waals surface area contributed by atoms with Gasteiger partial charge in [-0.25, -0.2) is 0 Å². The molecule has 5 heteroatoms. The fourth-order valence-electron chi connectivity index (χ4n) is 2.39. The zero-order valence-electron chi connectivity index (χ0n) is 11.5. The summed E-state index contributed by atoms with van der Waals surface area (Å²) in [7, 11) is -3.29. The summed E-state index contributed by atoms with van der Waals surface area (Å²) in [5, 5.41) is 0. The second-order valence-electron chi connectivity index (χ2n) is 4.93. The minimum Gasteiger partial charge on any atom is -0.195 e. The second kappa shape index (κ2) is 6.50. The Morgan fingerprint density at radius 3 is 2.37 bits per heavy atom. The van der Waals surface area contributed by atoms with Crippen molar-refractivity contribution < 1.29 is 8.42 Å². The average molecular weight is 282 g/mol. The highest BCUT2D eigenvalue weighted by atomic mass is 32.2. The molecule has 0 aliphatic carbocycles. The van der Waals surface area contributed by atoms with E-state index < -0.39 is 10.2 Å². The molecule has 0 aromatic heterocycles. The van der Waals surface area contributed by atoms with Crippen LogP contribution >= 0.6 is 0 Å². The van der Waals surface area contributed by atoms with E-state index in [1.165, 1.54) is 0 Å². The van der Waals surface area contributed by atoms with E-state index in [1.54, 1.807) is 8.61 Å². The van der Waals surface area contributed by atoms with Crippen LogP contribution in [0.3, 0.4) is 0 Å². The van der Waals surface area contributed by atoms with Gasteiger partial charge in [0.2, 0.25) is 0 Å². The lowest BCUT2D eigenvalue weighted by Crippen LogP contribution is -2.42. The Balaban J connectivity index is 2.15. The smallest absolute Gasteiger partial charge is 0.195 e. The summed E-state index contributed by atoms with van der Waals surface area (Å²) in [6, 6.07) is 9.79. The highest BCUT2D eigenvalue weighted by Crippen LogP contribution is 2.19. The van der Waals surface area contributed by atoms with Crippen LogP contribution in [-0.2, 0) is 16.8 Å². The van der Waals surface area contributed by atoms with Crippen molar-refractivity contribution in [3.63, 3.8) is 0 Å². The Bertz CT molecular complexity index is 481. The third-order valence-corrected chi connectivity index (χ3v) is 5.37. The summed E-state index contributed by atoms with van der Waals surface area (Å²) in [5.41, 5.74) is 1.04. The monoisotopic (exact) mass is 282 g/mol. The molecule has 0 unspecified atom stereocenters. The Kier molecular flexibility index (Phi) is 4.96. The minimum absolute atomic E-state index is 0.466. The molecule has 0 saturated carbocycles. The van der Waals surface area contributed by atoms with Crippen molar-refractivity contribution >= 4 is 10.2 Å². The molecule has 1 saturated heterocycles. The van der Waals surface area contributed by atoms with Crippen LogP contribution in [0.15, 0.2) is 30.3 Å². The first kappa shape index (κ1) is 14.5. The van der Waals surface area contributed by atoms with E-state index >= 15 is 0 Å². The quantitative estimate of drug-likeness (QED) is 0.803. The Hall–Kier alpha value is -0.910. The van der Waals surface area contributed by atoms with E-state index in [0.29, 0.717) is 26.2 Å². The molecule has 1 aliphatic rings. The van der Waals surface area contributed by atoms with Gasteiger partial charge in [-0.2, -0.15) is 17.0 Å². The maximum Gasteiger partial charge on any atom is 0.282 e. The van der Waals surface area contributed by atoms with E-state index in [4.69, 9.17) is 0 Å².